The van der Waals surface area contributed by atoms with Crippen molar-refractivity contribution in [2.24, 2.45) is 0 Å². The van der Waals surface area contributed by atoms with Crippen LogP contribution in [0, 0.1) is 0 Å². The molecule has 2 aromatic rings. The summed E-state index contributed by atoms with van der Waals surface area (Å²) in [6, 6.07) is 14.0. The molecule has 0 heterocycles. The number of halogens is 1. The molecule has 0 fully saturated rings. The van der Waals surface area contributed by atoms with Crippen LogP contribution < -0.4 is 15.4 Å². The van der Waals surface area contributed by atoms with Gasteiger partial charge in [0.1, 0.15) is 5.75 Å². The van der Waals surface area contributed by atoms with Crippen molar-refractivity contribution < 1.29 is 14.3 Å². The zero-order chi connectivity index (χ0) is 17.5. The van der Waals surface area contributed by atoms with E-state index in [1.807, 2.05) is 30.3 Å². The largest absolute Gasteiger partial charge is 0.495 e. The number of rotatable bonds is 6. The zero-order valence-electron chi connectivity index (χ0n) is 13.5. The van der Waals surface area contributed by atoms with E-state index in [4.69, 9.17) is 16.3 Å². The molecule has 0 aliphatic rings. The van der Waals surface area contributed by atoms with E-state index in [1.54, 1.807) is 18.2 Å². The van der Waals surface area contributed by atoms with Crippen LogP contribution in [0.3, 0.4) is 0 Å². The van der Waals surface area contributed by atoms with Gasteiger partial charge in [0.2, 0.25) is 11.8 Å². The lowest BCUT2D eigenvalue weighted by Crippen LogP contribution is -2.29. The first kappa shape index (κ1) is 17.8. The van der Waals surface area contributed by atoms with E-state index in [2.05, 4.69) is 10.6 Å². The predicted molar refractivity (Wildman–Crippen MR) is 94.3 cm³/mol. The predicted octanol–water partition coefficient (Wildman–Crippen LogP) is 3.55. The Morgan fingerprint density at radius 1 is 1.17 bits per heavy atom. The number of carbonyl (C=O) groups excluding carboxylic acids is 2. The van der Waals surface area contributed by atoms with Gasteiger partial charge in [0.15, 0.2) is 0 Å². The molecule has 0 saturated heterocycles. The van der Waals surface area contributed by atoms with E-state index >= 15 is 0 Å². The van der Waals surface area contributed by atoms with Gasteiger partial charge in [0, 0.05) is 12.6 Å². The van der Waals surface area contributed by atoms with Crippen molar-refractivity contribution in [1.82, 2.24) is 5.32 Å². The summed E-state index contributed by atoms with van der Waals surface area (Å²) in [5, 5.41) is 5.99. The molecule has 0 bridgehead atoms. The molecule has 0 aliphatic heterocycles. The van der Waals surface area contributed by atoms with Crippen molar-refractivity contribution in [2.45, 2.75) is 19.4 Å². The van der Waals surface area contributed by atoms with Gasteiger partial charge in [-0.05, 0) is 23.8 Å². The van der Waals surface area contributed by atoms with Gasteiger partial charge in [-0.25, -0.2) is 0 Å². The molecule has 0 radical (unpaired) electrons. The smallest absolute Gasteiger partial charge is 0.226 e. The molecule has 2 amide bonds. The molecule has 0 unspecified atom stereocenters. The third-order valence-corrected chi connectivity index (χ3v) is 3.70. The monoisotopic (exact) mass is 346 g/mol. The number of hydrogen-bond donors (Lipinski definition) is 2. The second kappa shape index (κ2) is 8.36. The number of ether oxygens (including phenoxy) is 1. The van der Waals surface area contributed by atoms with Gasteiger partial charge in [-0.1, -0.05) is 41.9 Å². The SMILES string of the molecule is COc1ccc(NC(=O)C[C@@H](NC(C)=O)c2ccccc2)cc1Cl. The number of benzene rings is 2. The van der Waals surface area contributed by atoms with Gasteiger partial charge in [-0.2, -0.15) is 0 Å². The fraction of sp³-hybridized carbons (Fsp3) is 0.222. The number of amides is 2. The maximum atomic E-state index is 12.3. The van der Waals surface area contributed by atoms with Crippen LogP contribution in [-0.4, -0.2) is 18.9 Å². The quantitative estimate of drug-likeness (QED) is 0.840. The minimum absolute atomic E-state index is 0.118. The summed E-state index contributed by atoms with van der Waals surface area (Å²) in [4.78, 5) is 23.7. The van der Waals surface area contributed by atoms with Crippen molar-refractivity contribution in [3.05, 3.63) is 59.1 Å². The van der Waals surface area contributed by atoms with Gasteiger partial charge < -0.3 is 15.4 Å². The van der Waals surface area contributed by atoms with Crippen LogP contribution in [0.1, 0.15) is 24.9 Å². The molecular weight excluding hydrogens is 328 g/mol. The highest BCUT2D eigenvalue weighted by atomic mass is 35.5. The van der Waals surface area contributed by atoms with Gasteiger partial charge in [-0.3, -0.25) is 9.59 Å². The molecule has 2 aromatic carbocycles. The molecule has 126 valence electrons. The van der Waals surface area contributed by atoms with E-state index < -0.39 is 6.04 Å². The first-order chi connectivity index (χ1) is 11.5. The van der Waals surface area contributed by atoms with E-state index in [9.17, 15) is 9.59 Å². The third kappa shape index (κ3) is 4.99. The van der Waals surface area contributed by atoms with Crippen LogP contribution in [0.5, 0.6) is 5.75 Å². The molecule has 0 spiro atoms. The Morgan fingerprint density at radius 2 is 1.88 bits per heavy atom. The molecule has 1 atom stereocenters. The summed E-state index contributed by atoms with van der Waals surface area (Å²) in [5.41, 5.74) is 1.44. The lowest BCUT2D eigenvalue weighted by molar-refractivity contribution is -0.120. The van der Waals surface area contributed by atoms with Crippen LogP contribution in [-0.2, 0) is 9.59 Å². The maximum absolute atomic E-state index is 12.3. The highest BCUT2D eigenvalue weighted by Crippen LogP contribution is 2.27. The van der Waals surface area contributed by atoms with Crippen molar-refractivity contribution in [1.29, 1.82) is 0 Å². The number of hydrogen-bond acceptors (Lipinski definition) is 3. The number of carbonyl (C=O) groups is 2. The minimum atomic E-state index is -0.391. The standard InChI is InChI=1S/C18H19ClN2O3/c1-12(22)20-16(13-6-4-3-5-7-13)11-18(23)21-14-8-9-17(24-2)15(19)10-14/h3-10,16H,11H2,1-2H3,(H,20,22)(H,21,23)/t16-/m1/s1. The minimum Gasteiger partial charge on any atom is -0.495 e. The Hall–Kier alpha value is -2.53. The Balaban J connectivity index is 2.07. The van der Waals surface area contributed by atoms with Crippen LogP contribution >= 0.6 is 11.6 Å². The van der Waals surface area contributed by atoms with Crippen LogP contribution in [0.25, 0.3) is 0 Å². The first-order valence-corrected chi connectivity index (χ1v) is 7.83. The summed E-state index contributed by atoms with van der Waals surface area (Å²) in [6.07, 6.45) is 0.118. The molecule has 5 nitrogen and oxygen atoms in total. The summed E-state index contributed by atoms with van der Waals surface area (Å²) < 4.78 is 5.08. The third-order valence-electron chi connectivity index (χ3n) is 3.40. The van der Waals surface area contributed by atoms with Crippen molar-refractivity contribution in [2.75, 3.05) is 12.4 Å². The maximum Gasteiger partial charge on any atom is 0.226 e. The fourth-order valence-corrected chi connectivity index (χ4v) is 2.58. The second-order valence-electron chi connectivity index (χ2n) is 5.27. The molecule has 0 aromatic heterocycles. The summed E-state index contributed by atoms with van der Waals surface area (Å²) >= 11 is 6.05. The van der Waals surface area contributed by atoms with Crippen molar-refractivity contribution in [3.63, 3.8) is 0 Å². The van der Waals surface area contributed by atoms with Gasteiger partial charge in [-0.15, -0.1) is 0 Å². The topological polar surface area (TPSA) is 67.4 Å². The fourth-order valence-electron chi connectivity index (χ4n) is 2.32. The molecule has 0 saturated carbocycles. The number of nitrogens with one attached hydrogen (secondary N) is 2. The first-order valence-electron chi connectivity index (χ1n) is 7.45. The number of anilines is 1. The normalized spacial score (nSPS) is 11.5. The van der Waals surface area contributed by atoms with Crippen LogP contribution in [0.2, 0.25) is 5.02 Å². The molecule has 24 heavy (non-hydrogen) atoms. The summed E-state index contributed by atoms with van der Waals surface area (Å²) in [6.45, 7) is 1.43. The Bertz CT molecular complexity index is 719. The summed E-state index contributed by atoms with van der Waals surface area (Å²) in [7, 11) is 1.53. The Kier molecular flexibility index (Phi) is 6.21. The molecule has 6 heteroatoms. The van der Waals surface area contributed by atoms with Gasteiger partial charge in [0.25, 0.3) is 0 Å². The van der Waals surface area contributed by atoms with Crippen molar-refractivity contribution in [3.8, 4) is 5.75 Å². The lowest BCUT2D eigenvalue weighted by atomic mass is 10.0. The molecular formula is C18H19ClN2O3. The zero-order valence-corrected chi connectivity index (χ0v) is 14.3. The van der Waals surface area contributed by atoms with Crippen LogP contribution in [0.15, 0.2) is 48.5 Å². The summed E-state index contributed by atoms with van der Waals surface area (Å²) in [5.74, 6) is 0.123. The van der Waals surface area contributed by atoms with Gasteiger partial charge >= 0.3 is 0 Å². The lowest BCUT2D eigenvalue weighted by Gasteiger charge is -2.18. The average Bonchev–Trinajstić information content (AvgIpc) is 2.55. The molecule has 2 rings (SSSR count). The highest BCUT2D eigenvalue weighted by Gasteiger charge is 2.17. The molecule has 0 aliphatic carbocycles. The Morgan fingerprint density at radius 3 is 2.46 bits per heavy atom. The van der Waals surface area contributed by atoms with Crippen molar-refractivity contribution >= 4 is 29.1 Å². The van der Waals surface area contributed by atoms with E-state index in [0.29, 0.717) is 16.5 Å². The van der Waals surface area contributed by atoms with Crippen LogP contribution in [0.4, 0.5) is 5.69 Å². The van der Waals surface area contributed by atoms with E-state index in [-0.39, 0.29) is 18.2 Å². The van der Waals surface area contributed by atoms with E-state index in [0.717, 1.165) is 5.56 Å². The molecule has 2 N–H and O–H groups in total. The highest BCUT2D eigenvalue weighted by molar-refractivity contribution is 6.32. The van der Waals surface area contributed by atoms with Gasteiger partial charge in [0.05, 0.1) is 24.6 Å². The average molecular weight is 347 g/mol. The van der Waals surface area contributed by atoms with E-state index in [1.165, 1.54) is 14.0 Å². The Labute approximate surface area is 146 Å². The number of methoxy groups -OCH3 is 1. The second-order valence-corrected chi connectivity index (χ2v) is 5.67.